The van der Waals surface area contributed by atoms with Gasteiger partial charge in [-0.15, -0.1) is 0 Å². The molecule has 0 spiro atoms. The lowest BCUT2D eigenvalue weighted by molar-refractivity contribution is 0.596. The van der Waals surface area contributed by atoms with Crippen LogP contribution in [0.1, 0.15) is 5.69 Å². The van der Waals surface area contributed by atoms with Crippen molar-refractivity contribution in [2.75, 3.05) is 0 Å². The molecule has 0 fully saturated rings. The summed E-state index contributed by atoms with van der Waals surface area (Å²) >= 11 is 0. The van der Waals surface area contributed by atoms with E-state index >= 15 is 0 Å². The molecule has 0 bridgehead atoms. The summed E-state index contributed by atoms with van der Waals surface area (Å²) in [5.41, 5.74) is 0.549. The minimum absolute atomic E-state index is 0.0833. The van der Waals surface area contributed by atoms with Crippen LogP contribution < -0.4 is 5.14 Å². The first kappa shape index (κ1) is 8.22. The summed E-state index contributed by atoms with van der Waals surface area (Å²) in [7, 11) is -1.94. The quantitative estimate of drug-likeness (QED) is 0.617. The monoisotopic (exact) mass is 175 g/mol. The van der Waals surface area contributed by atoms with Gasteiger partial charge in [-0.1, -0.05) is 0 Å². The fourth-order valence-electron chi connectivity index (χ4n) is 0.758. The zero-order valence-electron chi connectivity index (χ0n) is 6.27. The van der Waals surface area contributed by atoms with Crippen molar-refractivity contribution in [1.29, 1.82) is 0 Å². The molecule has 0 saturated carbocycles. The highest BCUT2D eigenvalue weighted by Gasteiger charge is 2.14. The molecule has 0 aliphatic carbocycles. The van der Waals surface area contributed by atoms with Crippen molar-refractivity contribution >= 4 is 10.0 Å². The number of aryl methyl sites for hydroxylation is 1. The summed E-state index contributed by atoms with van der Waals surface area (Å²) in [4.78, 5) is 0.0833. The van der Waals surface area contributed by atoms with E-state index in [0.717, 1.165) is 0 Å². The van der Waals surface area contributed by atoms with Gasteiger partial charge in [-0.3, -0.25) is 4.68 Å². The molecule has 0 aliphatic rings. The average Bonchev–Trinajstić information content (AvgIpc) is 2.11. The highest BCUT2D eigenvalue weighted by Crippen LogP contribution is 2.09. The predicted molar refractivity (Wildman–Crippen MR) is 39.3 cm³/mol. The minimum atomic E-state index is -3.60. The van der Waals surface area contributed by atoms with Gasteiger partial charge in [0.05, 0.1) is 11.9 Å². The Balaban J connectivity index is 3.38. The summed E-state index contributed by atoms with van der Waals surface area (Å²) in [6.07, 6.45) is 1.24. The first-order valence-corrected chi connectivity index (χ1v) is 4.49. The molecule has 11 heavy (non-hydrogen) atoms. The van der Waals surface area contributed by atoms with Crippen molar-refractivity contribution in [1.82, 2.24) is 9.78 Å². The fourth-order valence-corrected chi connectivity index (χ4v) is 1.50. The molecule has 1 rings (SSSR count). The molecule has 0 amide bonds. The molecule has 2 N–H and O–H groups in total. The summed E-state index contributed by atoms with van der Waals surface area (Å²) in [6.45, 7) is 1.65. The number of aromatic nitrogens is 2. The molecule has 6 heteroatoms. The smallest absolute Gasteiger partial charge is 0.241 e. The van der Waals surface area contributed by atoms with Crippen molar-refractivity contribution in [2.24, 2.45) is 12.2 Å². The Labute approximate surface area is 64.9 Å². The topological polar surface area (TPSA) is 78.0 Å². The highest BCUT2D eigenvalue weighted by atomic mass is 32.2. The molecule has 0 radical (unpaired) electrons. The number of nitrogens with two attached hydrogens (primary N) is 1. The van der Waals surface area contributed by atoms with Gasteiger partial charge in [0.2, 0.25) is 10.0 Å². The van der Waals surface area contributed by atoms with Crippen LogP contribution in [-0.2, 0) is 17.1 Å². The largest absolute Gasteiger partial charge is 0.272 e. The third-order valence-electron chi connectivity index (χ3n) is 1.50. The van der Waals surface area contributed by atoms with Crippen LogP contribution in [0.4, 0.5) is 0 Å². The maximum Gasteiger partial charge on any atom is 0.241 e. The lowest BCUT2D eigenvalue weighted by Crippen LogP contribution is -2.12. The Morgan fingerprint density at radius 3 is 2.36 bits per heavy atom. The summed E-state index contributed by atoms with van der Waals surface area (Å²) < 4.78 is 23.0. The first-order chi connectivity index (χ1) is 4.93. The number of hydrogen-bond acceptors (Lipinski definition) is 3. The van der Waals surface area contributed by atoms with Crippen LogP contribution in [0.5, 0.6) is 0 Å². The molecule has 0 aliphatic heterocycles. The van der Waals surface area contributed by atoms with E-state index in [2.05, 4.69) is 5.10 Å². The minimum Gasteiger partial charge on any atom is -0.272 e. The number of primary sulfonamides is 1. The van der Waals surface area contributed by atoms with Gasteiger partial charge in [-0.25, -0.2) is 13.6 Å². The molecule has 62 valence electrons. The number of sulfonamides is 1. The number of nitrogens with zero attached hydrogens (tertiary/aromatic N) is 2. The predicted octanol–water partition coefficient (Wildman–Crippen LogP) is -0.624. The van der Waals surface area contributed by atoms with Crippen LogP contribution in [-0.4, -0.2) is 18.2 Å². The van der Waals surface area contributed by atoms with Crippen LogP contribution in [0, 0.1) is 6.92 Å². The SMILES string of the molecule is Cc1c(S(N)(=O)=O)cnn1C. The second kappa shape index (κ2) is 2.31. The third kappa shape index (κ3) is 1.41. The van der Waals surface area contributed by atoms with E-state index in [4.69, 9.17) is 5.14 Å². The van der Waals surface area contributed by atoms with Crippen molar-refractivity contribution in [3.05, 3.63) is 11.9 Å². The third-order valence-corrected chi connectivity index (χ3v) is 2.51. The molecule has 1 heterocycles. The standard InChI is InChI=1S/C5H9N3O2S/c1-4-5(11(6,9)10)3-7-8(4)2/h3H,1-2H3,(H2,6,9,10). The van der Waals surface area contributed by atoms with Gasteiger partial charge in [0.1, 0.15) is 4.90 Å². The van der Waals surface area contributed by atoms with E-state index in [0.29, 0.717) is 5.69 Å². The van der Waals surface area contributed by atoms with E-state index in [1.54, 1.807) is 14.0 Å². The van der Waals surface area contributed by atoms with E-state index in [9.17, 15) is 8.42 Å². The van der Waals surface area contributed by atoms with Gasteiger partial charge in [0.15, 0.2) is 0 Å². The maximum absolute atomic E-state index is 10.8. The van der Waals surface area contributed by atoms with E-state index < -0.39 is 10.0 Å². The average molecular weight is 175 g/mol. The summed E-state index contributed by atoms with van der Waals surface area (Å²) in [5.74, 6) is 0. The van der Waals surface area contributed by atoms with Gasteiger partial charge >= 0.3 is 0 Å². The second-order valence-electron chi connectivity index (χ2n) is 2.26. The molecule has 1 aromatic rings. The second-order valence-corrected chi connectivity index (χ2v) is 3.79. The maximum atomic E-state index is 10.8. The van der Waals surface area contributed by atoms with Crippen LogP contribution >= 0.6 is 0 Å². The molecular formula is C5H9N3O2S. The molecule has 1 aromatic heterocycles. The Bertz CT molecular complexity index is 365. The van der Waals surface area contributed by atoms with Crippen molar-refractivity contribution in [3.8, 4) is 0 Å². The van der Waals surface area contributed by atoms with Gasteiger partial charge < -0.3 is 0 Å². The van der Waals surface area contributed by atoms with Crippen molar-refractivity contribution < 1.29 is 8.42 Å². The van der Waals surface area contributed by atoms with Gasteiger partial charge in [-0.2, -0.15) is 5.10 Å². The molecule has 5 nitrogen and oxygen atoms in total. The zero-order valence-corrected chi connectivity index (χ0v) is 7.09. The zero-order chi connectivity index (χ0) is 8.65. The van der Waals surface area contributed by atoms with E-state index in [1.807, 2.05) is 0 Å². The van der Waals surface area contributed by atoms with Gasteiger partial charge in [0.25, 0.3) is 0 Å². The Hall–Kier alpha value is -0.880. The van der Waals surface area contributed by atoms with E-state index in [-0.39, 0.29) is 4.90 Å². The van der Waals surface area contributed by atoms with Crippen LogP contribution in [0.3, 0.4) is 0 Å². The van der Waals surface area contributed by atoms with Crippen molar-refractivity contribution in [3.63, 3.8) is 0 Å². The van der Waals surface area contributed by atoms with Gasteiger partial charge in [0, 0.05) is 7.05 Å². The molecule has 0 aromatic carbocycles. The molecular weight excluding hydrogens is 166 g/mol. The van der Waals surface area contributed by atoms with Crippen LogP contribution in [0.25, 0.3) is 0 Å². The van der Waals surface area contributed by atoms with E-state index in [1.165, 1.54) is 10.9 Å². The van der Waals surface area contributed by atoms with Crippen LogP contribution in [0.15, 0.2) is 11.1 Å². The number of hydrogen-bond donors (Lipinski definition) is 1. The van der Waals surface area contributed by atoms with Crippen LogP contribution in [0.2, 0.25) is 0 Å². The van der Waals surface area contributed by atoms with Gasteiger partial charge in [-0.05, 0) is 6.92 Å². The summed E-state index contributed by atoms with van der Waals surface area (Å²) in [5, 5.41) is 8.63. The number of rotatable bonds is 1. The Kier molecular flexibility index (Phi) is 1.73. The summed E-state index contributed by atoms with van der Waals surface area (Å²) in [6, 6.07) is 0. The molecule has 0 unspecified atom stereocenters. The highest BCUT2D eigenvalue weighted by molar-refractivity contribution is 7.89. The van der Waals surface area contributed by atoms with Crippen molar-refractivity contribution in [2.45, 2.75) is 11.8 Å². The Morgan fingerprint density at radius 1 is 1.64 bits per heavy atom. The lowest BCUT2D eigenvalue weighted by Gasteiger charge is -1.95. The normalized spacial score (nSPS) is 11.9. The Morgan fingerprint density at radius 2 is 2.18 bits per heavy atom. The molecule has 0 atom stereocenters. The fraction of sp³-hybridized carbons (Fsp3) is 0.400. The lowest BCUT2D eigenvalue weighted by atomic mass is 10.5. The first-order valence-electron chi connectivity index (χ1n) is 2.94. The molecule has 0 saturated heterocycles.